The van der Waals surface area contributed by atoms with Gasteiger partial charge in [-0.05, 0) is 20.9 Å². The molecular weight excluding hydrogens is 208 g/mol. The van der Waals surface area contributed by atoms with E-state index in [0.717, 1.165) is 0 Å². The van der Waals surface area contributed by atoms with E-state index in [2.05, 4.69) is 0 Å². The van der Waals surface area contributed by atoms with Crippen molar-refractivity contribution in [3.05, 3.63) is 0 Å². The molecule has 16 heavy (non-hydrogen) atoms. The van der Waals surface area contributed by atoms with Crippen LogP contribution in [0.4, 0.5) is 0 Å². The van der Waals surface area contributed by atoms with E-state index < -0.39 is 0 Å². The highest BCUT2D eigenvalue weighted by Gasteiger charge is 2.30. The standard InChI is InChI=1S/C11H20N2O3/c1-11(2,8-14)12(3)6-7-13-9(15)4-5-10(13)16/h14H,4-8H2,1-3H3. The van der Waals surface area contributed by atoms with Crippen molar-refractivity contribution in [2.24, 2.45) is 0 Å². The fourth-order valence-corrected chi connectivity index (χ4v) is 1.55. The van der Waals surface area contributed by atoms with Crippen molar-refractivity contribution in [1.29, 1.82) is 0 Å². The monoisotopic (exact) mass is 228 g/mol. The van der Waals surface area contributed by atoms with Gasteiger partial charge in [-0.15, -0.1) is 0 Å². The van der Waals surface area contributed by atoms with Gasteiger partial charge in [-0.3, -0.25) is 19.4 Å². The van der Waals surface area contributed by atoms with Gasteiger partial charge in [-0.1, -0.05) is 0 Å². The van der Waals surface area contributed by atoms with Crippen molar-refractivity contribution in [2.75, 3.05) is 26.7 Å². The molecule has 0 spiro atoms. The molecule has 0 aromatic rings. The molecule has 1 N–H and O–H groups in total. The summed E-state index contributed by atoms with van der Waals surface area (Å²) in [7, 11) is 1.88. The smallest absolute Gasteiger partial charge is 0.229 e. The number of likely N-dealkylation sites (N-methyl/N-ethyl adjacent to an activating group) is 1. The summed E-state index contributed by atoms with van der Waals surface area (Å²) >= 11 is 0. The first-order chi connectivity index (χ1) is 7.38. The van der Waals surface area contributed by atoms with Crippen LogP contribution >= 0.6 is 0 Å². The average Bonchev–Trinajstić information content (AvgIpc) is 2.55. The highest BCUT2D eigenvalue weighted by molar-refractivity contribution is 6.01. The van der Waals surface area contributed by atoms with Crippen LogP contribution in [0.2, 0.25) is 0 Å². The SMILES string of the molecule is CN(CCN1C(=O)CCC1=O)C(C)(C)CO. The number of nitrogens with zero attached hydrogens (tertiary/aromatic N) is 2. The number of rotatable bonds is 5. The number of carbonyl (C=O) groups excluding carboxylic acids is 2. The van der Waals surface area contributed by atoms with E-state index in [1.807, 2.05) is 25.8 Å². The number of hydrogen-bond acceptors (Lipinski definition) is 4. The lowest BCUT2D eigenvalue weighted by molar-refractivity contribution is -0.138. The summed E-state index contributed by atoms with van der Waals surface area (Å²) in [5.74, 6) is -0.166. The van der Waals surface area contributed by atoms with Crippen LogP contribution in [-0.4, -0.2) is 59.0 Å². The minimum Gasteiger partial charge on any atom is -0.394 e. The zero-order chi connectivity index (χ0) is 12.3. The molecule has 0 bridgehead atoms. The van der Waals surface area contributed by atoms with E-state index in [-0.39, 0.29) is 24.0 Å². The maximum atomic E-state index is 11.4. The van der Waals surface area contributed by atoms with Crippen LogP contribution < -0.4 is 0 Å². The molecule has 0 aromatic heterocycles. The van der Waals surface area contributed by atoms with Gasteiger partial charge in [0.25, 0.3) is 0 Å². The minimum absolute atomic E-state index is 0.0470. The lowest BCUT2D eigenvalue weighted by Crippen LogP contribution is -2.48. The third-order valence-electron chi connectivity index (χ3n) is 3.23. The Morgan fingerprint density at radius 2 is 1.81 bits per heavy atom. The molecule has 0 aromatic carbocycles. The first-order valence-corrected chi connectivity index (χ1v) is 5.54. The Morgan fingerprint density at radius 1 is 1.31 bits per heavy atom. The van der Waals surface area contributed by atoms with Crippen LogP contribution in [0.25, 0.3) is 0 Å². The van der Waals surface area contributed by atoms with Crippen molar-refractivity contribution in [2.45, 2.75) is 32.2 Å². The van der Waals surface area contributed by atoms with Crippen LogP contribution in [0.15, 0.2) is 0 Å². The van der Waals surface area contributed by atoms with Gasteiger partial charge in [0.1, 0.15) is 0 Å². The minimum atomic E-state index is -0.328. The van der Waals surface area contributed by atoms with E-state index in [0.29, 0.717) is 25.9 Å². The third-order valence-corrected chi connectivity index (χ3v) is 3.23. The summed E-state index contributed by atoms with van der Waals surface area (Å²) in [5.41, 5.74) is -0.328. The second-order valence-corrected chi connectivity index (χ2v) is 4.83. The lowest BCUT2D eigenvalue weighted by Gasteiger charge is -2.34. The van der Waals surface area contributed by atoms with Crippen molar-refractivity contribution in [3.63, 3.8) is 0 Å². The highest BCUT2D eigenvalue weighted by atomic mass is 16.3. The van der Waals surface area contributed by atoms with Gasteiger partial charge in [0.2, 0.25) is 11.8 Å². The van der Waals surface area contributed by atoms with Gasteiger partial charge in [0.15, 0.2) is 0 Å². The predicted molar refractivity (Wildman–Crippen MR) is 59.7 cm³/mol. The quantitative estimate of drug-likeness (QED) is 0.664. The molecule has 0 atom stereocenters. The van der Waals surface area contributed by atoms with Crippen LogP contribution in [0.5, 0.6) is 0 Å². The van der Waals surface area contributed by atoms with Crippen LogP contribution in [-0.2, 0) is 9.59 Å². The van der Waals surface area contributed by atoms with Gasteiger partial charge in [0, 0.05) is 31.5 Å². The zero-order valence-corrected chi connectivity index (χ0v) is 10.2. The van der Waals surface area contributed by atoms with Crippen molar-refractivity contribution < 1.29 is 14.7 Å². The number of hydrogen-bond donors (Lipinski definition) is 1. The largest absolute Gasteiger partial charge is 0.394 e. The first kappa shape index (κ1) is 13.1. The molecule has 92 valence electrons. The molecule has 1 heterocycles. The van der Waals surface area contributed by atoms with E-state index in [1.165, 1.54) is 4.90 Å². The summed E-state index contributed by atoms with van der Waals surface area (Å²) in [4.78, 5) is 26.0. The van der Waals surface area contributed by atoms with Gasteiger partial charge in [0.05, 0.1) is 6.61 Å². The molecule has 1 aliphatic rings. The molecule has 0 saturated carbocycles. The topological polar surface area (TPSA) is 60.9 Å². The van der Waals surface area contributed by atoms with Gasteiger partial charge in [-0.2, -0.15) is 0 Å². The first-order valence-electron chi connectivity index (χ1n) is 5.54. The summed E-state index contributed by atoms with van der Waals surface area (Å²) in [6.07, 6.45) is 0.678. The Hall–Kier alpha value is -0.940. The predicted octanol–water partition coefficient (Wildman–Crippen LogP) is -0.162. The third kappa shape index (κ3) is 2.80. The number of amides is 2. The van der Waals surface area contributed by atoms with Gasteiger partial charge >= 0.3 is 0 Å². The van der Waals surface area contributed by atoms with Crippen LogP contribution in [0.3, 0.4) is 0 Å². The summed E-state index contributed by atoms with van der Waals surface area (Å²) < 4.78 is 0. The van der Waals surface area contributed by atoms with E-state index >= 15 is 0 Å². The van der Waals surface area contributed by atoms with E-state index in [4.69, 9.17) is 0 Å². The number of aliphatic hydroxyl groups is 1. The highest BCUT2D eigenvalue weighted by Crippen LogP contribution is 2.14. The molecule has 0 unspecified atom stereocenters. The molecule has 0 aliphatic carbocycles. The molecule has 2 amide bonds. The Bertz CT molecular complexity index is 273. The number of aliphatic hydroxyl groups excluding tert-OH is 1. The Kier molecular flexibility index (Phi) is 4.04. The Balaban J connectivity index is 2.45. The van der Waals surface area contributed by atoms with E-state index in [9.17, 15) is 14.7 Å². The molecule has 1 saturated heterocycles. The molecule has 5 heteroatoms. The summed E-state index contributed by atoms with van der Waals surface area (Å²) in [6.45, 7) is 4.88. The van der Waals surface area contributed by atoms with E-state index in [1.54, 1.807) is 0 Å². The van der Waals surface area contributed by atoms with Crippen LogP contribution in [0, 0.1) is 0 Å². The normalized spacial score (nSPS) is 17.7. The van der Waals surface area contributed by atoms with Gasteiger partial charge < -0.3 is 5.11 Å². The molecule has 0 radical (unpaired) electrons. The Labute approximate surface area is 96.0 Å². The lowest BCUT2D eigenvalue weighted by atomic mass is 10.1. The van der Waals surface area contributed by atoms with Gasteiger partial charge in [-0.25, -0.2) is 0 Å². The molecule has 5 nitrogen and oxygen atoms in total. The molecular formula is C11H20N2O3. The molecule has 1 aliphatic heterocycles. The summed E-state index contributed by atoms with van der Waals surface area (Å²) in [6, 6.07) is 0. The summed E-state index contributed by atoms with van der Waals surface area (Å²) in [5, 5.41) is 9.17. The molecule has 1 fully saturated rings. The van der Waals surface area contributed by atoms with Crippen LogP contribution in [0.1, 0.15) is 26.7 Å². The van der Waals surface area contributed by atoms with Crippen molar-refractivity contribution in [1.82, 2.24) is 9.80 Å². The number of carbonyl (C=O) groups is 2. The number of imide groups is 1. The zero-order valence-electron chi connectivity index (χ0n) is 10.2. The van der Waals surface area contributed by atoms with Crippen molar-refractivity contribution in [3.8, 4) is 0 Å². The maximum Gasteiger partial charge on any atom is 0.229 e. The Morgan fingerprint density at radius 3 is 2.25 bits per heavy atom. The maximum absolute atomic E-state index is 11.4. The fourth-order valence-electron chi connectivity index (χ4n) is 1.55. The molecule has 1 rings (SSSR count). The number of likely N-dealkylation sites (tertiary alicyclic amines) is 1. The average molecular weight is 228 g/mol. The van der Waals surface area contributed by atoms with Crippen molar-refractivity contribution >= 4 is 11.8 Å². The fraction of sp³-hybridized carbons (Fsp3) is 0.818. The second-order valence-electron chi connectivity index (χ2n) is 4.83. The second kappa shape index (κ2) is 4.93.